The van der Waals surface area contributed by atoms with Gasteiger partial charge in [0.05, 0.1) is 12.2 Å². The summed E-state index contributed by atoms with van der Waals surface area (Å²) in [6.07, 6.45) is 0. The molecule has 0 saturated carbocycles. The molecule has 0 saturated heterocycles. The topological polar surface area (TPSA) is 50.4 Å². The van der Waals surface area contributed by atoms with Crippen molar-refractivity contribution in [3.8, 4) is 0 Å². The van der Waals surface area contributed by atoms with Crippen LogP contribution in [-0.4, -0.2) is 5.96 Å². The number of hydrogen-bond acceptors (Lipinski definition) is 1. The van der Waals surface area contributed by atoms with Gasteiger partial charge in [0.2, 0.25) is 0 Å². The van der Waals surface area contributed by atoms with Gasteiger partial charge in [-0.2, -0.15) is 0 Å². The van der Waals surface area contributed by atoms with E-state index < -0.39 is 0 Å². The SMILES string of the molecule is NC(=NCc1ccccc1)Nc1cc(Br)ccc1I. The van der Waals surface area contributed by atoms with Crippen molar-refractivity contribution in [3.05, 3.63) is 62.1 Å². The highest BCUT2D eigenvalue weighted by atomic mass is 127. The number of halogens is 2. The number of hydrogen-bond donors (Lipinski definition) is 2. The maximum Gasteiger partial charge on any atom is 0.193 e. The summed E-state index contributed by atoms with van der Waals surface area (Å²) in [7, 11) is 0. The Morgan fingerprint density at radius 3 is 2.68 bits per heavy atom. The van der Waals surface area contributed by atoms with Crippen LogP contribution in [0.25, 0.3) is 0 Å². The Morgan fingerprint density at radius 2 is 1.95 bits per heavy atom. The second kappa shape index (κ2) is 6.91. The molecule has 0 heterocycles. The van der Waals surface area contributed by atoms with Gasteiger partial charge in [0, 0.05) is 8.04 Å². The van der Waals surface area contributed by atoms with Crippen LogP contribution in [0.4, 0.5) is 5.69 Å². The minimum absolute atomic E-state index is 0.417. The van der Waals surface area contributed by atoms with Gasteiger partial charge in [-0.25, -0.2) is 4.99 Å². The summed E-state index contributed by atoms with van der Waals surface area (Å²) in [4.78, 5) is 4.33. The van der Waals surface area contributed by atoms with Gasteiger partial charge in [-0.1, -0.05) is 46.3 Å². The van der Waals surface area contributed by atoms with Crippen molar-refractivity contribution in [2.45, 2.75) is 6.54 Å². The number of nitrogens with one attached hydrogen (secondary N) is 1. The Labute approximate surface area is 134 Å². The van der Waals surface area contributed by atoms with Crippen LogP contribution in [0.2, 0.25) is 0 Å². The van der Waals surface area contributed by atoms with E-state index in [2.05, 4.69) is 48.8 Å². The molecule has 0 aliphatic heterocycles. The lowest BCUT2D eigenvalue weighted by Crippen LogP contribution is -2.23. The first-order valence-electron chi connectivity index (χ1n) is 5.71. The van der Waals surface area contributed by atoms with Gasteiger partial charge in [0.25, 0.3) is 0 Å². The van der Waals surface area contributed by atoms with Gasteiger partial charge in [-0.05, 0) is 46.4 Å². The fourth-order valence-electron chi connectivity index (χ4n) is 1.53. The predicted octanol–water partition coefficient (Wildman–Crippen LogP) is 3.98. The summed E-state index contributed by atoms with van der Waals surface area (Å²) >= 11 is 5.69. The highest BCUT2D eigenvalue weighted by Crippen LogP contribution is 2.22. The molecule has 0 aromatic heterocycles. The van der Waals surface area contributed by atoms with E-state index in [1.165, 1.54) is 0 Å². The van der Waals surface area contributed by atoms with Crippen molar-refractivity contribution in [1.82, 2.24) is 0 Å². The molecule has 0 unspecified atom stereocenters. The molecule has 0 aliphatic rings. The van der Waals surface area contributed by atoms with Gasteiger partial charge in [0.1, 0.15) is 0 Å². The van der Waals surface area contributed by atoms with E-state index in [4.69, 9.17) is 5.73 Å². The third-order valence-corrected chi connectivity index (χ3v) is 3.90. The number of guanidine groups is 1. The summed E-state index contributed by atoms with van der Waals surface area (Å²) in [5, 5.41) is 3.11. The molecule has 0 atom stereocenters. The van der Waals surface area contributed by atoms with Crippen LogP contribution in [-0.2, 0) is 6.54 Å². The summed E-state index contributed by atoms with van der Waals surface area (Å²) < 4.78 is 2.10. The average molecular weight is 430 g/mol. The Hall–Kier alpha value is -1.08. The molecular formula is C14H13BrIN3. The van der Waals surface area contributed by atoms with E-state index in [0.29, 0.717) is 12.5 Å². The molecule has 98 valence electrons. The van der Waals surface area contributed by atoms with Gasteiger partial charge in [-0.15, -0.1) is 0 Å². The van der Waals surface area contributed by atoms with Crippen molar-refractivity contribution in [3.63, 3.8) is 0 Å². The Kier molecular flexibility index (Phi) is 5.21. The summed E-state index contributed by atoms with van der Waals surface area (Å²) in [6, 6.07) is 16.0. The van der Waals surface area contributed by atoms with Crippen LogP contribution in [0.5, 0.6) is 0 Å². The zero-order valence-electron chi connectivity index (χ0n) is 10.1. The Morgan fingerprint density at radius 1 is 1.21 bits per heavy atom. The van der Waals surface area contributed by atoms with Gasteiger partial charge in [0.15, 0.2) is 5.96 Å². The van der Waals surface area contributed by atoms with Crippen LogP contribution in [0.3, 0.4) is 0 Å². The Balaban J connectivity index is 2.04. The Bertz CT molecular complexity index is 584. The molecule has 2 aromatic carbocycles. The van der Waals surface area contributed by atoms with Crippen molar-refractivity contribution in [2.75, 3.05) is 5.32 Å². The molecule has 5 heteroatoms. The number of nitrogens with two attached hydrogens (primary N) is 1. The molecule has 0 radical (unpaired) electrons. The van der Waals surface area contributed by atoms with Crippen LogP contribution < -0.4 is 11.1 Å². The van der Waals surface area contributed by atoms with E-state index in [1.54, 1.807) is 0 Å². The molecule has 0 spiro atoms. The zero-order valence-corrected chi connectivity index (χ0v) is 13.8. The monoisotopic (exact) mass is 429 g/mol. The molecule has 2 rings (SSSR count). The smallest absolute Gasteiger partial charge is 0.193 e. The zero-order chi connectivity index (χ0) is 13.7. The van der Waals surface area contributed by atoms with E-state index in [-0.39, 0.29) is 0 Å². The molecular weight excluding hydrogens is 417 g/mol. The summed E-state index contributed by atoms with van der Waals surface area (Å²) in [5.74, 6) is 0.417. The molecule has 0 fully saturated rings. The lowest BCUT2D eigenvalue weighted by Gasteiger charge is -2.08. The highest BCUT2D eigenvalue weighted by Gasteiger charge is 2.01. The third kappa shape index (κ3) is 4.50. The molecule has 0 bridgehead atoms. The van der Waals surface area contributed by atoms with Gasteiger partial charge in [-0.3, -0.25) is 0 Å². The highest BCUT2D eigenvalue weighted by molar-refractivity contribution is 14.1. The average Bonchev–Trinajstić information content (AvgIpc) is 2.42. The number of benzene rings is 2. The molecule has 0 amide bonds. The second-order valence-corrected chi connectivity index (χ2v) is 6.01. The fraction of sp³-hybridized carbons (Fsp3) is 0.0714. The lowest BCUT2D eigenvalue weighted by atomic mass is 10.2. The number of anilines is 1. The van der Waals surface area contributed by atoms with Crippen LogP contribution in [0.15, 0.2) is 58.0 Å². The van der Waals surface area contributed by atoms with E-state index >= 15 is 0 Å². The quantitative estimate of drug-likeness (QED) is 0.440. The first-order chi connectivity index (χ1) is 9.15. The van der Waals surface area contributed by atoms with Crippen molar-refractivity contribution >= 4 is 50.2 Å². The van der Waals surface area contributed by atoms with Crippen molar-refractivity contribution in [1.29, 1.82) is 0 Å². The van der Waals surface area contributed by atoms with E-state index in [0.717, 1.165) is 19.3 Å². The number of aliphatic imine (C=N–C) groups is 1. The molecule has 19 heavy (non-hydrogen) atoms. The largest absolute Gasteiger partial charge is 0.370 e. The van der Waals surface area contributed by atoms with Crippen molar-refractivity contribution < 1.29 is 0 Å². The number of nitrogens with zero attached hydrogens (tertiary/aromatic N) is 1. The normalized spacial score (nSPS) is 11.4. The molecule has 3 nitrogen and oxygen atoms in total. The number of rotatable bonds is 3. The van der Waals surface area contributed by atoms with E-state index in [9.17, 15) is 0 Å². The first-order valence-corrected chi connectivity index (χ1v) is 7.58. The molecule has 3 N–H and O–H groups in total. The second-order valence-electron chi connectivity index (χ2n) is 3.94. The molecule has 0 aliphatic carbocycles. The van der Waals surface area contributed by atoms with Crippen LogP contribution >= 0.6 is 38.5 Å². The predicted molar refractivity (Wildman–Crippen MR) is 92.3 cm³/mol. The maximum absolute atomic E-state index is 5.89. The van der Waals surface area contributed by atoms with Crippen molar-refractivity contribution in [2.24, 2.45) is 10.7 Å². The fourth-order valence-corrected chi connectivity index (χ4v) is 2.36. The minimum atomic E-state index is 0.417. The van der Waals surface area contributed by atoms with E-state index in [1.807, 2.05) is 48.5 Å². The third-order valence-electron chi connectivity index (χ3n) is 2.47. The molecule has 2 aromatic rings. The van der Waals surface area contributed by atoms with Crippen LogP contribution in [0, 0.1) is 3.57 Å². The van der Waals surface area contributed by atoms with Gasteiger partial charge >= 0.3 is 0 Å². The summed E-state index contributed by atoms with van der Waals surface area (Å²) in [5.41, 5.74) is 7.98. The van der Waals surface area contributed by atoms with Gasteiger partial charge < -0.3 is 11.1 Å². The standard InChI is InChI=1S/C14H13BrIN3/c15-11-6-7-12(16)13(8-11)19-14(17)18-9-10-4-2-1-3-5-10/h1-8H,9H2,(H3,17,18,19). The van der Waals surface area contributed by atoms with Crippen LogP contribution in [0.1, 0.15) is 5.56 Å². The maximum atomic E-state index is 5.89. The minimum Gasteiger partial charge on any atom is -0.370 e. The first kappa shape index (κ1) is 14.3. The lowest BCUT2D eigenvalue weighted by molar-refractivity contribution is 1.06. The summed E-state index contributed by atoms with van der Waals surface area (Å²) in [6.45, 7) is 0.574.